The lowest BCUT2D eigenvalue weighted by atomic mass is 10.1. The molecule has 88 valence electrons. The van der Waals surface area contributed by atoms with E-state index in [2.05, 4.69) is 0 Å². The molecule has 0 aliphatic carbocycles. The predicted molar refractivity (Wildman–Crippen MR) is 55.8 cm³/mol. The number of benzene rings is 1. The topological polar surface area (TPSA) is 26.3 Å². The third kappa shape index (κ3) is 3.10. The van der Waals surface area contributed by atoms with Gasteiger partial charge in [0.1, 0.15) is 24.0 Å². The van der Waals surface area contributed by atoms with Crippen molar-refractivity contribution in [2.45, 2.75) is 26.6 Å². The maximum absolute atomic E-state index is 13.2. The van der Waals surface area contributed by atoms with E-state index >= 15 is 0 Å². The molecular weight excluding hydrogens is 214 g/mol. The van der Waals surface area contributed by atoms with Gasteiger partial charge in [-0.1, -0.05) is 19.9 Å². The molecule has 0 spiro atoms. The van der Waals surface area contributed by atoms with E-state index in [-0.39, 0.29) is 18.1 Å². The van der Waals surface area contributed by atoms with Crippen molar-refractivity contribution in [3.8, 4) is 0 Å². The molecule has 1 aromatic carbocycles. The zero-order valence-corrected chi connectivity index (χ0v) is 9.24. The maximum atomic E-state index is 13.2. The fourth-order valence-electron chi connectivity index (χ4n) is 1.24. The van der Waals surface area contributed by atoms with Crippen molar-refractivity contribution >= 4 is 6.29 Å². The normalized spacial score (nSPS) is 12.8. The van der Waals surface area contributed by atoms with Crippen LogP contribution in [0.5, 0.6) is 0 Å². The number of hydrogen-bond acceptors (Lipinski definition) is 2. The molecule has 0 fully saturated rings. The summed E-state index contributed by atoms with van der Waals surface area (Å²) in [6.45, 7) is 3.37. The first-order valence-corrected chi connectivity index (χ1v) is 5.06. The van der Waals surface area contributed by atoms with Gasteiger partial charge in [0.2, 0.25) is 0 Å². The lowest BCUT2D eigenvalue weighted by molar-refractivity contribution is -0.121. The molecule has 0 N–H and O–H groups in total. The second-order valence-corrected chi connectivity index (χ2v) is 3.86. The second kappa shape index (κ2) is 5.70. The fraction of sp³-hybridized carbons (Fsp3) is 0.417. The van der Waals surface area contributed by atoms with Crippen molar-refractivity contribution < 1.29 is 18.3 Å². The minimum Gasteiger partial charge on any atom is -0.366 e. The molecule has 0 bridgehead atoms. The molecule has 1 rings (SSSR count). The number of hydrogen-bond donors (Lipinski definition) is 0. The smallest absolute Gasteiger partial charge is 0.149 e. The van der Waals surface area contributed by atoms with Crippen LogP contribution < -0.4 is 0 Å². The number of ether oxygens (including phenoxy) is 1. The number of halogens is 2. The second-order valence-electron chi connectivity index (χ2n) is 3.86. The summed E-state index contributed by atoms with van der Waals surface area (Å²) >= 11 is 0. The third-order valence-electron chi connectivity index (χ3n) is 2.27. The molecule has 0 saturated heterocycles. The van der Waals surface area contributed by atoms with Crippen LogP contribution >= 0.6 is 0 Å². The Kier molecular flexibility index (Phi) is 4.55. The van der Waals surface area contributed by atoms with Crippen molar-refractivity contribution in [3.63, 3.8) is 0 Å². The molecule has 0 aliphatic rings. The minimum absolute atomic E-state index is 0.0210. The van der Waals surface area contributed by atoms with Gasteiger partial charge in [0.25, 0.3) is 0 Å². The Balaban J connectivity index is 2.70. The summed E-state index contributed by atoms with van der Waals surface area (Å²) in [5, 5.41) is 0. The van der Waals surface area contributed by atoms with Gasteiger partial charge in [-0.15, -0.1) is 0 Å². The Labute approximate surface area is 93.2 Å². The van der Waals surface area contributed by atoms with Crippen molar-refractivity contribution in [2.75, 3.05) is 0 Å². The summed E-state index contributed by atoms with van der Waals surface area (Å²) in [4.78, 5) is 10.6. The van der Waals surface area contributed by atoms with E-state index in [0.717, 1.165) is 12.1 Å². The van der Waals surface area contributed by atoms with E-state index in [1.165, 1.54) is 6.07 Å². The molecule has 0 amide bonds. The molecule has 0 heterocycles. The van der Waals surface area contributed by atoms with Crippen molar-refractivity contribution in [3.05, 3.63) is 35.4 Å². The summed E-state index contributed by atoms with van der Waals surface area (Å²) in [5.74, 6) is -1.34. The van der Waals surface area contributed by atoms with Crippen LogP contribution in [0.25, 0.3) is 0 Å². The molecule has 0 radical (unpaired) electrons. The number of rotatable bonds is 5. The predicted octanol–water partition coefficient (Wildman–Crippen LogP) is 2.70. The van der Waals surface area contributed by atoms with E-state index in [1.807, 2.05) is 0 Å². The van der Waals surface area contributed by atoms with Crippen LogP contribution in [0.15, 0.2) is 18.2 Å². The fourth-order valence-corrected chi connectivity index (χ4v) is 1.24. The molecule has 1 atom stereocenters. The Hall–Kier alpha value is -1.29. The molecule has 0 saturated carbocycles. The summed E-state index contributed by atoms with van der Waals surface area (Å²) < 4.78 is 31.5. The van der Waals surface area contributed by atoms with Crippen LogP contribution in [0.4, 0.5) is 8.78 Å². The SMILES string of the molecule is CC(C)[C@@H](C=O)OCc1c(F)cccc1F. The highest BCUT2D eigenvalue weighted by Gasteiger charge is 2.15. The van der Waals surface area contributed by atoms with E-state index in [1.54, 1.807) is 13.8 Å². The van der Waals surface area contributed by atoms with Gasteiger partial charge in [0.05, 0.1) is 6.61 Å². The van der Waals surface area contributed by atoms with Gasteiger partial charge < -0.3 is 9.53 Å². The van der Waals surface area contributed by atoms with E-state index < -0.39 is 17.7 Å². The average Bonchev–Trinajstić information content (AvgIpc) is 2.22. The first kappa shape index (κ1) is 12.8. The number of carbonyl (C=O) groups excluding carboxylic acids is 1. The zero-order valence-electron chi connectivity index (χ0n) is 9.24. The quantitative estimate of drug-likeness (QED) is 0.724. The number of carbonyl (C=O) groups is 1. The largest absolute Gasteiger partial charge is 0.366 e. The summed E-state index contributed by atoms with van der Waals surface area (Å²) in [7, 11) is 0. The molecule has 2 nitrogen and oxygen atoms in total. The summed E-state index contributed by atoms with van der Waals surface area (Å²) in [6, 6.07) is 3.61. The first-order valence-electron chi connectivity index (χ1n) is 5.06. The Morgan fingerprint density at radius 1 is 1.31 bits per heavy atom. The Morgan fingerprint density at radius 3 is 2.31 bits per heavy atom. The average molecular weight is 228 g/mol. The van der Waals surface area contributed by atoms with Gasteiger partial charge >= 0.3 is 0 Å². The van der Waals surface area contributed by atoms with Crippen LogP contribution in [0.1, 0.15) is 19.4 Å². The highest BCUT2D eigenvalue weighted by Crippen LogP contribution is 2.15. The monoisotopic (exact) mass is 228 g/mol. The third-order valence-corrected chi connectivity index (χ3v) is 2.27. The van der Waals surface area contributed by atoms with Crippen LogP contribution in [-0.4, -0.2) is 12.4 Å². The molecule has 4 heteroatoms. The van der Waals surface area contributed by atoms with Gasteiger partial charge in [0, 0.05) is 5.56 Å². The van der Waals surface area contributed by atoms with Gasteiger partial charge in [-0.25, -0.2) is 8.78 Å². The van der Waals surface area contributed by atoms with Gasteiger partial charge in [0.15, 0.2) is 0 Å². The molecule has 0 unspecified atom stereocenters. The highest BCUT2D eigenvalue weighted by atomic mass is 19.1. The lowest BCUT2D eigenvalue weighted by Gasteiger charge is -2.15. The molecule has 1 aromatic rings. The highest BCUT2D eigenvalue weighted by molar-refractivity contribution is 5.56. The van der Waals surface area contributed by atoms with Crippen molar-refractivity contribution in [2.24, 2.45) is 5.92 Å². The van der Waals surface area contributed by atoms with Crippen LogP contribution in [0, 0.1) is 17.6 Å². The van der Waals surface area contributed by atoms with Gasteiger partial charge in [-0.3, -0.25) is 0 Å². The molecule has 0 aliphatic heterocycles. The zero-order chi connectivity index (χ0) is 12.1. The minimum atomic E-state index is -0.659. The number of aldehydes is 1. The standard InChI is InChI=1S/C12H14F2O2/c1-8(2)12(6-15)16-7-9-10(13)4-3-5-11(9)14/h3-6,8,12H,7H2,1-2H3/t12-/m1/s1. The molecular formula is C12H14F2O2. The summed E-state index contributed by atoms with van der Waals surface area (Å²) in [5.41, 5.74) is -0.144. The van der Waals surface area contributed by atoms with Gasteiger partial charge in [-0.2, -0.15) is 0 Å². The van der Waals surface area contributed by atoms with E-state index in [0.29, 0.717) is 6.29 Å². The van der Waals surface area contributed by atoms with Crippen molar-refractivity contribution in [1.82, 2.24) is 0 Å². The van der Waals surface area contributed by atoms with Crippen LogP contribution in [0.3, 0.4) is 0 Å². The van der Waals surface area contributed by atoms with E-state index in [9.17, 15) is 13.6 Å². The first-order chi connectivity index (χ1) is 7.56. The summed E-state index contributed by atoms with van der Waals surface area (Å²) in [6.07, 6.45) is 0.00247. The Morgan fingerprint density at radius 2 is 1.88 bits per heavy atom. The molecule has 16 heavy (non-hydrogen) atoms. The van der Waals surface area contributed by atoms with Crippen LogP contribution in [-0.2, 0) is 16.1 Å². The Bertz CT molecular complexity index is 344. The van der Waals surface area contributed by atoms with Crippen molar-refractivity contribution in [1.29, 1.82) is 0 Å². The lowest BCUT2D eigenvalue weighted by Crippen LogP contribution is -2.21. The maximum Gasteiger partial charge on any atom is 0.149 e. The van der Waals surface area contributed by atoms with Gasteiger partial charge in [-0.05, 0) is 18.1 Å². The molecule has 0 aromatic heterocycles. The van der Waals surface area contributed by atoms with E-state index in [4.69, 9.17) is 4.74 Å². The van der Waals surface area contributed by atoms with Crippen LogP contribution in [0.2, 0.25) is 0 Å².